The molecule has 198 valence electrons. The lowest BCUT2D eigenvalue weighted by Crippen LogP contribution is -2.28. The molecule has 1 aliphatic carbocycles. The maximum absolute atomic E-state index is 13.6. The van der Waals surface area contributed by atoms with Gasteiger partial charge in [0.15, 0.2) is 5.65 Å². The van der Waals surface area contributed by atoms with E-state index in [4.69, 9.17) is 11.6 Å². The van der Waals surface area contributed by atoms with Gasteiger partial charge in [-0.05, 0) is 55.7 Å². The molecular weight excluding hydrogens is 524 g/mol. The monoisotopic (exact) mass is 552 g/mol. The smallest absolute Gasteiger partial charge is 0.319 e. The zero-order chi connectivity index (χ0) is 26.7. The maximum Gasteiger partial charge on any atom is 0.319 e. The van der Waals surface area contributed by atoms with E-state index in [2.05, 4.69) is 25.9 Å². The number of carbonyl (C=O) groups excluding carboxylic acids is 1. The molecule has 1 saturated carbocycles. The van der Waals surface area contributed by atoms with Crippen LogP contribution in [0.3, 0.4) is 0 Å². The van der Waals surface area contributed by atoms with Crippen LogP contribution in [-0.2, 0) is 10.0 Å². The molecule has 0 radical (unpaired) electrons. The van der Waals surface area contributed by atoms with E-state index in [1.54, 1.807) is 48.7 Å². The Morgan fingerprint density at radius 2 is 1.87 bits per heavy atom. The molecule has 0 spiro atoms. The average Bonchev–Trinajstić information content (AvgIpc) is 3.29. The Kier molecular flexibility index (Phi) is 7.53. The van der Waals surface area contributed by atoms with Gasteiger partial charge < -0.3 is 16.0 Å². The summed E-state index contributed by atoms with van der Waals surface area (Å²) < 4.78 is 28.4. The van der Waals surface area contributed by atoms with Crippen LogP contribution in [0.5, 0.6) is 0 Å². The molecule has 1 aliphatic rings. The molecule has 1 aromatic carbocycles. The number of amides is 2. The van der Waals surface area contributed by atoms with E-state index in [9.17, 15) is 13.2 Å². The van der Waals surface area contributed by atoms with Crippen LogP contribution in [-0.4, -0.2) is 41.0 Å². The lowest BCUT2D eigenvalue weighted by atomic mass is 9.95. The van der Waals surface area contributed by atoms with Crippen LogP contribution in [0.2, 0.25) is 5.15 Å². The van der Waals surface area contributed by atoms with E-state index in [0.717, 1.165) is 12.8 Å². The Hall–Kier alpha value is -3.63. The van der Waals surface area contributed by atoms with Crippen LogP contribution < -0.4 is 16.0 Å². The van der Waals surface area contributed by atoms with E-state index in [-0.39, 0.29) is 21.7 Å². The summed E-state index contributed by atoms with van der Waals surface area (Å²) in [5.74, 6) is 0.635. The van der Waals surface area contributed by atoms with E-state index in [0.29, 0.717) is 40.6 Å². The van der Waals surface area contributed by atoms with Crippen LogP contribution in [0.4, 0.5) is 16.3 Å². The second kappa shape index (κ2) is 11.0. The van der Waals surface area contributed by atoms with Gasteiger partial charge in [0.05, 0.1) is 16.8 Å². The van der Waals surface area contributed by atoms with Gasteiger partial charge in [0.1, 0.15) is 11.0 Å². The zero-order valence-corrected chi connectivity index (χ0v) is 22.5. The number of pyridine rings is 2. The normalized spacial score (nSPS) is 14.4. The van der Waals surface area contributed by atoms with Crippen LogP contribution in [0.1, 0.15) is 39.0 Å². The van der Waals surface area contributed by atoms with Crippen molar-refractivity contribution in [1.82, 2.24) is 19.3 Å². The number of nitrogens with one attached hydrogen (secondary N) is 3. The van der Waals surface area contributed by atoms with Gasteiger partial charge in [-0.15, -0.1) is 0 Å². The fraction of sp³-hybridized carbons (Fsp3) is 0.296. The first-order valence-corrected chi connectivity index (χ1v) is 14.5. The minimum Gasteiger partial charge on any atom is -0.367 e. The summed E-state index contributed by atoms with van der Waals surface area (Å²) in [6.45, 7) is 2.28. The number of hydrogen-bond acceptors (Lipinski definition) is 6. The highest BCUT2D eigenvalue weighted by molar-refractivity contribution is 7.90. The van der Waals surface area contributed by atoms with Gasteiger partial charge in [-0.25, -0.2) is 27.2 Å². The first-order chi connectivity index (χ1) is 18.3. The third kappa shape index (κ3) is 5.46. The van der Waals surface area contributed by atoms with Crippen molar-refractivity contribution in [1.29, 1.82) is 0 Å². The van der Waals surface area contributed by atoms with Crippen LogP contribution >= 0.6 is 11.6 Å². The van der Waals surface area contributed by atoms with Gasteiger partial charge in [-0.1, -0.05) is 49.1 Å². The molecule has 9 nitrogen and oxygen atoms in total. The van der Waals surface area contributed by atoms with Crippen molar-refractivity contribution >= 4 is 50.2 Å². The van der Waals surface area contributed by atoms with Gasteiger partial charge in [0.25, 0.3) is 10.0 Å². The summed E-state index contributed by atoms with van der Waals surface area (Å²) in [6, 6.07) is 13.4. The third-order valence-corrected chi connectivity index (χ3v) is 8.43. The summed E-state index contributed by atoms with van der Waals surface area (Å²) in [7, 11) is -3.95. The molecule has 0 saturated heterocycles. The second-order valence-electron chi connectivity index (χ2n) is 9.28. The molecule has 0 aliphatic heterocycles. The fourth-order valence-corrected chi connectivity index (χ4v) is 6.34. The quantitative estimate of drug-likeness (QED) is 0.247. The lowest BCUT2D eigenvalue weighted by Gasteiger charge is -2.23. The molecule has 3 heterocycles. The molecule has 5 rings (SSSR count). The summed E-state index contributed by atoms with van der Waals surface area (Å²) in [5.41, 5.74) is 1.95. The molecule has 3 aromatic heterocycles. The average molecular weight is 553 g/mol. The minimum atomic E-state index is -3.95. The number of benzene rings is 1. The van der Waals surface area contributed by atoms with Crippen molar-refractivity contribution in [2.75, 3.05) is 17.2 Å². The highest BCUT2D eigenvalue weighted by Crippen LogP contribution is 2.36. The molecule has 0 atom stereocenters. The minimum absolute atomic E-state index is 0.141. The fourth-order valence-electron chi connectivity index (χ4n) is 4.79. The van der Waals surface area contributed by atoms with Gasteiger partial charge in [-0.2, -0.15) is 0 Å². The Morgan fingerprint density at radius 3 is 2.61 bits per heavy atom. The zero-order valence-electron chi connectivity index (χ0n) is 20.9. The van der Waals surface area contributed by atoms with Crippen molar-refractivity contribution in [3.05, 3.63) is 66.1 Å². The highest BCUT2D eigenvalue weighted by Gasteiger charge is 2.24. The molecule has 3 N–H and O–H groups in total. The SMILES string of the molecule is CCNC(=O)Nc1cnc2c(c1)c(-c1cc(Cl)nc(NC3CCCCC3)c1)cn2S(=O)(=O)c1ccccc1. The standard InChI is InChI=1S/C27H29ClN6O3S/c1-2-29-27(35)32-20-15-22-23(18-13-24(28)33-25(14-18)31-19-9-5-3-6-10-19)17-34(26(22)30-16-20)38(36,37)21-11-7-4-8-12-21/h4,7-8,11-17,19H,2-3,5-6,9-10H2,1H3,(H,31,33)(H2,29,32,35). The predicted molar refractivity (Wildman–Crippen MR) is 150 cm³/mol. The van der Waals surface area contributed by atoms with Crippen molar-refractivity contribution in [2.24, 2.45) is 0 Å². The van der Waals surface area contributed by atoms with Crippen molar-refractivity contribution in [2.45, 2.75) is 50.0 Å². The Morgan fingerprint density at radius 1 is 1.11 bits per heavy atom. The highest BCUT2D eigenvalue weighted by atomic mass is 35.5. The number of carbonyl (C=O) groups is 1. The van der Waals surface area contributed by atoms with Crippen molar-refractivity contribution < 1.29 is 13.2 Å². The first kappa shape index (κ1) is 26.0. The van der Waals surface area contributed by atoms with Gasteiger partial charge in [0, 0.05) is 29.7 Å². The molecule has 0 unspecified atom stereocenters. The van der Waals surface area contributed by atoms with Crippen LogP contribution in [0.15, 0.2) is 65.8 Å². The van der Waals surface area contributed by atoms with Crippen LogP contribution in [0.25, 0.3) is 22.2 Å². The summed E-state index contributed by atoms with van der Waals surface area (Å²) >= 11 is 6.44. The van der Waals surface area contributed by atoms with Gasteiger partial charge in [0.2, 0.25) is 0 Å². The lowest BCUT2D eigenvalue weighted by molar-refractivity contribution is 0.252. The largest absolute Gasteiger partial charge is 0.367 e. The van der Waals surface area contributed by atoms with Gasteiger partial charge in [-0.3, -0.25) is 0 Å². The number of aromatic nitrogens is 3. The number of nitrogens with zero attached hydrogens (tertiary/aromatic N) is 3. The van der Waals surface area contributed by atoms with E-state index in [1.165, 1.54) is 29.4 Å². The summed E-state index contributed by atoms with van der Waals surface area (Å²) in [6.07, 6.45) is 8.70. The molecular formula is C27H29ClN6O3S. The molecule has 1 fully saturated rings. The number of rotatable bonds is 7. The summed E-state index contributed by atoms with van der Waals surface area (Å²) in [4.78, 5) is 21.2. The van der Waals surface area contributed by atoms with E-state index < -0.39 is 10.0 Å². The Labute approximate surface area is 226 Å². The number of hydrogen-bond donors (Lipinski definition) is 3. The molecule has 2 amide bonds. The number of anilines is 2. The third-order valence-electron chi connectivity index (χ3n) is 6.57. The molecule has 11 heteroatoms. The van der Waals surface area contributed by atoms with E-state index in [1.807, 2.05) is 13.0 Å². The maximum atomic E-state index is 13.6. The van der Waals surface area contributed by atoms with Crippen molar-refractivity contribution in [3.8, 4) is 11.1 Å². The van der Waals surface area contributed by atoms with E-state index >= 15 is 0 Å². The second-order valence-corrected chi connectivity index (χ2v) is 11.5. The van der Waals surface area contributed by atoms with Crippen LogP contribution in [0, 0.1) is 0 Å². The predicted octanol–water partition coefficient (Wildman–Crippen LogP) is 5.87. The number of fused-ring (bicyclic) bond motifs is 1. The van der Waals surface area contributed by atoms with Gasteiger partial charge >= 0.3 is 6.03 Å². The Balaban J connectivity index is 1.64. The molecule has 38 heavy (non-hydrogen) atoms. The topological polar surface area (TPSA) is 118 Å². The van der Waals surface area contributed by atoms with Crippen molar-refractivity contribution in [3.63, 3.8) is 0 Å². The number of halogens is 1. The summed E-state index contributed by atoms with van der Waals surface area (Å²) in [5, 5.41) is 9.76. The Bertz CT molecular complexity index is 1570. The molecule has 0 bridgehead atoms. The molecule has 4 aromatic rings. The number of urea groups is 1. The first-order valence-electron chi connectivity index (χ1n) is 12.7.